The standard InChI is InChI=1S/C18H16ClN5O4S/c1-4-28-17(26)16-23-24-18(29-16)22-15(25)12-7-20-9(2)5-10(12)11-6-14(19)21-8-13(11)27-3/h5-8H,4H2,1-3H3,(H,22,24,25). The van der Waals surface area contributed by atoms with Crippen LogP contribution in [0.5, 0.6) is 5.75 Å². The van der Waals surface area contributed by atoms with Crippen molar-refractivity contribution >= 4 is 39.9 Å². The van der Waals surface area contributed by atoms with Crippen molar-refractivity contribution in [3.05, 3.63) is 45.9 Å². The van der Waals surface area contributed by atoms with Gasteiger partial charge in [-0.2, -0.15) is 0 Å². The number of halogens is 1. The van der Waals surface area contributed by atoms with Gasteiger partial charge in [-0.3, -0.25) is 15.1 Å². The van der Waals surface area contributed by atoms with Gasteiger partial charge in [0, 0.05) is 23.0 Å². The molecule has 0 saturated heterocycles. The second-order valence-electron chi connectivity index (χ2n) is 5.67. The molecule has 0 atom stereocenters. The Morgan fingerprint density at radius 3 is 2.69 bits per heavy atom. The van der Waals surface area contributed by atoms with Crippen LogP contribution in [0.15, 0.2) is 24.5 Å². The lowest BCUT2D eigenvalue weighted by Crippen LogP contribution is -2.14. The van der Waals surface area contributed by atoms with Crippen LogP contribution >= 0.6 is 22.9 Å². The number of methoxy groups -OCH3 is 1. The molecule has 0 saturated carbocycles. The van der Waals surface area contributed by atoms with Gasteiger partial charge in [-0.25, -0.2) is 9.78 Å². The molecular weight excluding hydrogens is 418 g/mol. The van der Waals surface area contributed by atoms with Crippen LogP contribution in [0.25, 0.3) is 11.1 Å². The highest BCUT2D eigenvalue weighted by Gasteiger charge is 2.20. The summed E-state index contributed by atoms with van der Waals surface area (Å²) in [6.45, 7) is 3.71. The number of hydrogen-bond donors (Lipinski definition) is 1. The number of amides is 1. The maximum absolute atomic E-state index is 12.9. The number of hydrogen-bond acceptors (Lipinski definition) is 9. The molecule has 0 aromatic carbocycles. The van der Waals surface area contributed by atoms with Crippen LogP contribution in [0.4, 0.5) is 5.13 Å². The zero-order chi connectivity index (χ0) is 21.0. The molecule has 150 valence electrons. The predicted molar refractivity (Wildman–Crippen MR) is 108 cm³/mol. The Balaban J connectivity index is 1.95. The average Bonchev–Trinajstić information content (AvgIpc) is 3.16. The Kier molecular flexibility index (Phi) is 6.35. The Morgan fingerprint density at radius 1 is 1.17 bits per heavy atom. The van der Waals surface area contributed by atoms with E-state index < -0.39 is 11.9 Å². The monoisotopic (exact) mass is 433 g/mol. The van der Waals surface area contributed by atoms with E-state index in [-0.39, 0.29) is 27.5 Å². The number of anilines is 1. The number of aryl methyl sites for hydroxylation is 1. The summed E-state index contributed by atoms with van der Waals surface area (Å²) >= 11 is 6.95. The highest BCUT2D eigenvalue weighted by Crippen LogP contribution is 2.34. The zero-order valence-electron chi connectivity index (χ0n) is 15.7. The van der Waals surface area contributed by atoms with Gasteiger partial charge in [-0.1, -0.05) is 22.9 Å². The molecule has 0 spiro atoms. The van der Waals surface area contributed by atoms with Crippen LogP contribution in [0.2, 0.25) is 5.15 Å². The second-order valence-corrected chi connectivity index (χ2v) is 7.03. The average molecular weight is 434 g/mol. The second kappa shape index (κ2) is 8.93. The summed E-state index contributed by atoms with van der Waals surface area (Å²) < 4.78 is 10.2. The minimum absolute atomic E-state index is 0.0481. The summed E-state index contributed by atoms with van der Waals surface area (Å²) in [4.78, 5) is 32.8. The summed E-state index contributed by atoms with van der Waals surface area (Å²) in [6.07, 6.45) is 2.92. The van der Waals surface area contributed by atoms with E-state index in [0.717, 1.165) is 11.3 Å². The molecule has 0 radical (unpaired) electrons. The number of esters is 1. The molecule has 3 rings (SSSR count). The summed E-state index contributed by atoms with van der Waals surface area (Å²) in [5.74, 6) is -0.622. The summed E-state index contributed by atoms with van der Waals surface area (Å²) in [7, 11) is 1.50. The van der Waals surface area contributed by atoms with E-state index in [4.69, 9.17) is 21.1 Å². The van der Waals surface area contributed by atoms with Crippen molar-refractivity contribution in [3.63, 3.8) is 0 Å². The minimum Gasteiger partial charge on any atom is -0.494 e. The number of nitrogens with zero attached hydrogens (tertiary/aromatic N) is 4. The van der Waals surface area contributed by atoms with Gasteiger partial charge in [0.1, 0.15) is 10.9 Å². The molecule has 0 aliphatic carbocycles. The molecule has 3 heterocycles. The lowest BCUT2D eigenvalue weighted by Gasteiger charge is -2.13. The molecule has 0 unspecified atom stereocenters. The fraction of sp³-hybridized carbons (Fsp3) is 0.222. The molecule has 0 bridgehead atoms. The van der Waals surface area contributed by atoms with Crippen LogP contribution in [-0.2, 0) is 4.74 Å². The SMILES string of the molecule is CCOC(=O)c1nnc(NC(=O)c2cnc(C)cc2-c2cc(Cl)ncc2OC)s1. The number of pyridine rings is 2. The number of rotatable bonds is 6. The van der Waals surface area contributed by atoms with Crippen LogP contribution in [0.3, 0.4) is 0 Å². The molecule has 11 heteroatoms. The predicted octanol–water partition coefficient (Wildman–Crippen LogP) is 3.39. The Morgan fingerprint density at radius 2 is 1.97 bits per heavy atom. The Hall–Kier alpha value is -3.11. The summed E-state index contributed by atoms with van der Waals surface area (Å²) in [6, 6.07) is 3.35. The number of nitrogens with one attached hydrogen (secondary N) is 1. The normalized spacial score (nSPS) is 10.5. The maximum atomic E-state index is 12.9. The maximum Gasteiger partial charge on any atom is 0.369 e. The van der Waals surface area contributed by atoms with Gasteiger partial charge in [0.05, 0.1) is 25.5 Å². The van der Waals surface area contributed by atoms with Crippen molar-refractivity contribution < 1.29 is 19.1 Å². The van der Waals surface area contributed by atoms with E-state index in [1.807, 2.05) is 0 Å². The smallest absolute Gasteiger partial charge is 0.369 e. The lowest BCUT2D eigenvalue weighted by atomic mass is 10.0. The van der Waals surface area contributed by atoms with Crippen molar-refractivity contribution in [2.75, 3.05) is 19.0 Å². The first kappa shape index (κ1) is 20.6. The van der Waals surface area contributed by atoms with Crippen molar-refractivity contribution in [1.29, 1.82) is 0 Å². The molecule has 3 aromatic rings. The molecular formula is C18H16ClN5O4S. The van der Waals surface area contributed by atoms with E-state index in [1.54, 1.807) is 26.0 Å². The first-order valence-electron chi connectivity index (χ1n) is 8.41. The van der Waals surface area contributed by atoms with E-state index >= 15 is 0 Å². The van der Waals surface area contributed by atoms with Crippen molar-refractivity contribution in [1.82, 2.24) is 20.2 Å². The van der Waals surface area contributed by atoms with Crippen LogP contribution in [-0.4, -0.2) is 45.8 Å². The Bertz CT molecular complexity index is 1070. The summed E-state index contributed by atoms with van der Waals surface area (Å²) in [5.41, 5.74) is 2.12. The Labute approximate surface area is 175 Å². The number of carbonyl (C=O) groups is 2. The molecule has 29 heavy (non-hydrogen) atoms. The van der Waals surface area contributed by atoms with Gasteiger partial charge in [-0.05, 0) is 26.0 Å². The van der Waals surface area contributed by atoms with E-state index in [9.17, 15) is 9.59 Å². The van der Waals surface area contributed by atoms with Crippen LogP contribution in [0, 0.1) is 6.92 Å². The zero-order valence-corrected chi connectivity index (χ0v) is 17.3. The molecule has 1 amide bonds. The molecule has 0 fully saturated rings. The molecule has 0 aliphatic heterocycles. The van der Waals surface area contributed by atoms with Gasteiger partial charge < -0.3 is 9.47 Å². The fourth-order valence-corrected chi connectivity index (χ4v) is 3.26. The van der Waals surface area contributed by atoms with Gasteiger partial charge in [0.25, 0.3) is 5.91 Å². The summed E-state index contributed by atoms with van der Waals surface area (Å²) in [5, 5.41) is 10.6. The molecule has 3 aromatic heterocycles. The highest BCUT2D eigenvalue weighted by molar-refractivity contribution is 7.17. The largest absolute Gasteiger partial charge is 0.494 e. The lowest BCUT2D eigenvalue weighted by molar-refractivity contribution is 0.0525. The number of ether oxygens (including phenoxy) is 2. The van der Waals surface area contributed by atoms with Gasteiger partial charge in [-0.15, -0.1) is 10.2 Å². The van der Waals surface area contributed by atoms with Crippen LogP contribution < -0.4 is 10.1 Å². The highest BCUT2D eigenvalue weighted by atomic mass is 35.5. The molecule has 1 N–H and O–H groups in total. The first-order valence-corrected chi connectivity index (χ1v) is 9.61. The van der Waals surface area contributed by atoms with Crippen molar-refractivity contribution in [2.24, 2.45) is 0 Å². The van der Waals surface area contributed by atoms with Gasteiger partial charge in [0.15, 0.2) is 0 Å². The quantitative estimate of drug-likeness (QED) is 0.464. The fourth-order valence-electron chi connectivity index (χ4n) is 2.47. The van der Waals surface area contributed by atoms with Gasteiger partial charge >= 0.3 is 5.97 Å². The van der Waals surface area contributed by atoms with E-state index in [0.29, 0.717) is 22.6 Å². The number of aromatic nitrogens is 4. The van der Waals surface area contributed by atoms with Crippen molar-refractivity contribution in [2.45, 2.75) is 13.8 Å². The molecule has 9 nitrogen and oxygen atoms in total. The first-order chi connectivity index (χ1) is 13.9. The minimum atomic E-state index is -0.598. The van der Waals surface area contributed by atoms with Gasteiger partial charge in [0.2, 0.25) is 10.1 Å². The third-order valence-corrected chi connectivity index (χ3v) is 4.75. The van der Waals surface area contributed by atoms with Crippen molar-refractivity contribution in [3.8, 4) is 16.9 Å². The third-order valence-electron chi connectivity index (χ3n) is 3.72. The van der Waals surface area contributed by atoms with E-state index in [2.05, 4.69) is 25.5 Å². The topological polar surface area (TPSA) is 116 Å². The van der Waals surface area contributed by atoms with E-state index in [1.165, 1.54) is 19.5 Å². The third kappa shape index (κ3) is 4.66. The van der Waals surface area contributed by atoms with Crippen LogP contribution in [0.1, 0.15) is 32.8 Å². The molecule has 0 aliphatic rings. The number of carbonyl (C=O) groups excluding carboxylic acids is 2.